The molecule has 0 aliphatic carbocycles. The fraction of sp³-hybridized carbons (Fsp3) is 0.200. The topological polar surface area (TPSA) is 98.7 Å². The summed E-state index contributed by atoms with van der Waals surface area (Å²) in [5.74, 6) is 3.60. The van der Waals surface area contributed by atoms with E-state index in [1.165, 1.54) is 18.3 Å². The minimum atomic E-state index is -4.72. The first-order valence-corrected chi connectivity index (χ1v) is 9.28. The second-order valence-corrected chi connectivity index (χ2v) is 7.49. The molecule has 3 N–H and O–H groups in total. The third kappa shape index (κ3) is 4.39. The number of thioether (sulfide) groups is 1. The number of anilines is 1. The van der Waals surface area contributed by atoms with E-state index in [-0.39, 0.29) is 5.16 Å². The SMILES string of the molecule is C[C@@H](Sc1nnc(C(F)(F)F)n1N)C(=O)Nc1nc(-c2ccccc2)cs1. The number of halogens is 3. The van der Waals surface area contributed by atoms with Gasteiger partial charge in [0.2, 0.25) is 11.1 Å². The molecule has 7 nitrogen and oxygen atoms in total. The highest BCUT2D eigenvalue weighted by Crippen LogP contribution is 2.30. The first-order valence-electron chi connectivity index (χ1n) is 7.52. The minimum Gasteiger partial charge on any atom is -0.335 e. The molecule has 0 bridgehead atoms. The predicted molar refractivity (Wildman–Crippen MR) is 96.7 cm³/mol. The van der Waals surface area contributed by atoms with Crippen LogP contribution >= 0.6 is 23.1 Å². The quantitative estimate of drug-likeness (QED) is 0.491. The molecule has 1 aromatic carbocycles. The zero-order valence-corrected chi connectivity index (χ0v) is 15.4. The molecule has 3 aromatic rings. The van der Waals surface area contributed by atoms with Gasteiger partial charge in [0.15, 0.2) is 5.13 Å². The number of rotatable bonds is 5. The molecule has 2 aromatic heterocycles. The maximum Gasteiger partial charge on any atom is 0.453 e. The van der Waals surface area contributed by atoms with Crippen molar-refractivity contribution in [1.82, 2.24) is 19.9 Å². The predicted octanol–water partition coefficient (Wildman–Crippen LogP) is 3.25. The van der Waals surface area contributed by atoms with Crippen molar-refractivity contribution in [2.75, 3.05) is 11.2 Å². The Morgan fingerprint density at radius 3 is 2.63 bits per heavy atom. The second-order valence-electron chi connectivity index (χ2n) is 5.33. The third-order valence-electron chi connectivity index (χ3n) is 3.37. The van der Waals surface area contributed by atoms with Crippen molar-refractivity contribution in [2.45, 2.75) is 23.5 Å². The van der Waals surface area contributed by atoms with Gasteiger partial charge in [-0.25, -0.2) is 9.66 Å². The number of alkyl halides is 3. The number of thiazole rings is 1. The minimum absolute atomic E-state index is 0.214. The largest absolute Gasteiger partial charge is 0.453 e. The molecule has 1 atom stereocenters. The van der Waals surface area contributed by atoms with Crippen LogP contribution < -0.4 is 11.2 Å². The molecule has 0 radical (unpaired) electrons. The van der Waals surface area contributed by atoms with E-state index >= 15 is 0 Å². The van der Waals surface area contributed by atoms with Crippen LogP contribution in [-0.4, -0.2) is 31.0 Å². The van der Waals surface area contributed by atoms with Crippen molar-refractivity contribution in [1.29, 1.82) is 0 Å². The van der Waals surface area contributed by atoms with Crippen LogP contribution in [0.25, 0.3) is 11.3 Å². The van der Waals surface area contributed by atoms with Crippen LogP contribution in [0, 0.1) is 0 Å². The Morgan fingerprint density at radius 1 is 1.30 bits per heavy atom. The van der Waals surface area contributed by atoms with Gasteiger partial charge in [0.1, 0.15) is 0 Å². The van der Waals surface area contributed by atoms with Gasteiger partial charge in [0.25, 0.3) is 5.82 Å². The maximum absolute atomic E-state index is 12.7. The second kappa shape index (κ2) is 7.56. The summed E-state index contributed by atoms with van der Waals surface area (Å²) >= 11 is 2.01. The Balaban J connectivity index is 1.65. The number of nitrogens with one attached hydrogen (secondary N) is 1. The number of benzene rings is 1. The van der Waals surface area contributed by atoms with Gasteiger partial charge in [-0.3, -0.25) is 4.79 Å². The van der Waals surface area contributed by atoms with Crippen molar-refractivity contribution in [3.8, 4) is 11.3 Å². The Bertz CT molecular complexity index is 941. The van der Waals surface area contributed by atoms with E-state index in [9.17, 15) is 18.0 Å². The summed E-state index contributed by atoms with van der Waals surface area (Å²) in [5.41, 5.74) is 1.63. The Morgan fingerprint density at radius 2 is 2.00 bits per heavy atom. The summed E-state index contributed by atoms with van der Waals surface area (Å²) in [6.07, 6.45) is -4.72. The zero-order chi connectivity index (χ0) is 19.6. The van der Waals surface area contributed by atoms with Crippen LogP contribution in [0.1, 0.15) is 12.7 Å². The lowest BCUT2D eigenvalue weighted by Crippen LogP contribution is -2.25. The van der Waals surface area contributed by atoms with E-state index in [0.29, 0.717) is 15.5 Å². The molecule has 0 spiro atoms. The average Bonchev–Trinajstić information content (AvgIpc) is 3.22. The molecule has 2 heterocycles. The van der Waals surface area contributed by atoms with E-state index in [1.807, 2.05) is 30.3 Å². The van der Waals surface area contributed by atoms with Crippen LogP contribution in [0.2, 0.25) is 0 Å². The number of aromatic nitrogens is 4. The van der Waals surface area contributed by atoms with Crippen molar-refractivity contribution in [3.63, 3.8) is 0 Å². The lowest BCUT2D eigenvalue weighted by atomic mass is 10.2. The van der Waals surface area contributed by atoms with E-state index in [2.05, 4.69) is 20.5 Å². The lowest BCUT2D eigenvalue weighted by Gasteiger charge is -2.10. The number of amides is 1. The van der Waals surface area contributed by atoms with E-state index in [4.69, 9.17) is 5.84 Å². The molecular weight excluding hydrogens is 401 g/mol. The van der Waals surface area contributed by atoms with Crippen molar-refractivity contribution in [3.05, 3.63) is 41.5 Å². The summed E-state index contributed by atoms with van der Waals surface area (Å²) < 4.78 is 38.4. The van der Waals surface area contributed by atoms with Crippen LogP contribution in [0.3, 0.4) is 0 Å². The highest BCUT2D eigenvalue weighted by Gasteiger charge is 2.38. The molecule has 1 amide bonds. The first-order chi connectivity index (χ1) is 12.8. The first kappa shape index (κ1) is 19.2. The van der Waals surface area contributed by atoms with Crippen molar-refractivity contribution in [2.24, 2.45) is 0 Å². The zero-order valence-electron chi connectivity index (χ0n) is 13.8. The number of carbonyl (C=O) groups excluding carboxylic acids is 1. The van der Waals surface area contributed by atoms with Gasteiger partial charge >= 0.3 is 6.18 Å². The number of hydrogen-bond donors (Lipinski definition) is 2. The number of carbonyl (C=O) groups is 1. The molecule has 12 heteroatoms. The average molecular weight is 414 g/mol. The van der Waals surface area contributed by atoms with Crippen LogP contribution in [0.4, 0.5) is 18.3 Å². The molecule has 0 unspecified atom stereocenters. The Kier molecular flexibility index (Phi) is 5.37. The van der Waals surface area contributed by atoms with E-state index in [1.54, 1.807) is 5.38 Å². The normalized spacial score (nSPS) is 12.7. The number of hydrogen-bond acceptors (Lipinski definition) is 7. The highest BCUT2D eigenvalue weighted by atomic mass is 32.2. The van der Waals surface area contributed by atoms with Gasteiger partial charge in [-0.15, -0.1) is 21.5 Å². The molecule has 0 fully saturated rings. The summed E-state index contributed by atoms with van der Waals surface area (Å²) in [4.78, 5) is 16.6. The summed E-state index contributed by atoms with van der Waals surface area (Å²) in [6, 6.07) is 9.43. The van der Waals surface area contributed by atoms with Gasteiger partial charge in [0.05, 0.1) is 10.9 Å². The molecule has 0 saturated carbocycles. The summed E-state index contributed by atoms with van der Waals surface area (Å²) in [5, 5.41) is 10.3. The van der Waals surface area contributed by atoms with E-state index < -0.39 is 23.2 Å². The monoisotopic (exact) mass is 414 g/mol. The molecule has 142 valence electrons. The Labute approximate surface area is 159 Å². The van der Waals surface area contributed by atoms with Gasteiger partial charge in [-0.1, -0.05) is 42.1 Å². The van der Waals surface area contributed by atoms with Gasteiger partial charge in [-0.2, -0.15) is 13.2 Å². The van der Waals surface area contributed by atoms with Crippen molar-refractivity contribution < 1.29 is 18.0 Å². The molecule has 0 aliphatic rings. The fourth-order valence-corrected chi connectivity index (χ4v) is 3.53. The lowest BCUT2D eigenvalue weighted by molar-refractivity contribution is -0.146. The smallest absolute Gasteiger partial charge is 0.335 e. The Hall–Kier alpha value is -2.60. The molecular formula is C15H13F3N6OS2. The molecule has 27 heavy (non-hydrogen) atoms. The third-order valence-corrected chi connectivity index (χ3v) is 5.19. The highest BCUT2D eigenvalue weighted by molar-refractivity contribution is 8.00. The maximum atomic E-state index is 12.7. The van der Waals surface area contributed by atoms with Gasteiger partial charge < -0.3 is 11.2 Å². The summed E-state index contributed by atoms with van der Waals surface area (Å²) in [6.45, 7) is 1.52. The fourth-order valence-electron chi connectivity index (χ4n) is 2.04. The molecule has 0 aliphatic heterocycles. The number of nitrogen functional groups attached to an aromatic ring is 1. The van der Waals surface area contributed by atoms with Gasteiger partial charge in [0, 0.05) is 10.9 Å². The molecule has 3 rings (SSSR count). The number of nitrogens with zero attached hydrogens (tertiary/aromatic N) is 4. The van der Waals surface area contributed by atoms with Crippen LogP contribution in [0.15, 0.2) is 40.9 Å². The van der Waals surface area contributed by atoms with Gasteiger partial charge in [-0.05, 0) is 6.92 Å². The summed E-state index contributed by atoms with van der Waals surface area (Å²) in [7, 11) is 0. The van der Waals surface area contributed by atoms with Crippen LogP contribution in [-0.2, 0) is 11.0 Å². The van der Waals surface area contributed by atoms with E-state index in [0.717, 1.165) is 17.3 Å². The van der Waals surface area contributed by atoms with Crippen LogP contribution in [0.5, 0.6) is 0 Å². The number of nitrogens with two attached hydrogens (primary N) is 1. The standard InChI is InChI=1S/C15H13F3N6OS2/c1-8(27-14-23-22-12(24(14)19)15(16,17)18)11(25)21-13-20-10(7-26-13)9-5-3-2-4-6-9/h2-8H,19H2,1H3,(H,20,21,25)/t8-/m1/s1. The molecule has 0 saturated heterocycles. The van der Waals surface area contributed by atoms with Crippen molar-refractivity contribution >= 4 is 34.1 Å².